The zero-order valence-corrected chi connectivity index (χ0v) is 46.5. The molecule has 0 unspecified atom stereocenters. The molecule has 0 atom stereocenters. The highest BCUT2D eigenvalue weighted by Crippen LogP contribution is 2.38. The highest BCUT2D eigenvalue weighted by atomic mass is 28.3. The molecule has 3 heterocycles. The van der Waals surface area contributed by atoms with E-state index in [1.54, 1.807) is 7.11 Å². The number of aromatic nitrogens is 6. The molecule has 0 aliphatic carbocycles. The molecule has 0 N–H and O–H groups in total. The Morgan fingerprint density at radius 2 is 0.566 bits per heavy atom. The summed E-state index contributed by atoms with van der Waals surface area (Å²) in [4.78, 5) is 32.6. The largest absolute Gasteiger partial charge is 0.497 e. The zero-order chi connectivity index (χ0) is 55.5. The summed E-state index contributed by atoms with van der Waals surface area (Å²) in [6, 6.07) is 103. The van der Waals surface area contributed by atoms with Gasteiger partial charge in [-0.2, -0.15) is 0 Å². The predicted molar refractivity (Wildman–Crippen MR) is 339 cm³/mol. The standard InChI is InChI=1S/C74H53N7OSi/c1-82-62-44-32-51(33-45-62)50-81-65-46-42-60(52-34-38-58(39-35-52)73-77-69(54-20-8-2-9-21-54)75-70(78-73)55-22-10-3-11-23-55)48-67(65)83(63-28-16-6-17-29-63,64-30-18-7-19-31-64)68-49-61(43-47-66(68)81)53-36-40-59(41-37-53)74-79-71(56-24-12-4-13-25-56)76-72(80-74)57-26-14-5-15-27-57/h2-49H,50H2,1H3. The molecule has 0 saturated heterocycles. The summed E-state index contributed by atoms with van der Waals surface area (Å²) in [6.07, 6.45) is 0. The maximum Gasteiger partial charge on any atom is 0.184 e. The fraction of sp³-hybridized carbons (Fsp3) is 0.0270. The average molecular weight is 1080 g/mol. The number of fused-ring (bicyclic) bond motifs is 2. The van der Waals surface area contributed by atoms with E-state index in [4.69, 9.17) is 34.6 Å². The van der Waals surface area contributed by atoms with Crippen molar-refractivity contribution >= 4 is 40.2 Å². The maximum absolute atomic E-state index is 5.64. The molecule has 0 radical (unpaired) electrons. The van der Waals surface area contributed by atoms with Gasteiger partial charge in [-0.15, -0.1) is 0 Å². The second kappa shape index (κ2) is 22.1. The van der Waals surface area contributed by atoms with E-state index < -0.39 is 8.07 Å². The van der Waals surface area contributed by atoms with Gasteiger partial charge in [0.1, 0.15) is 5.75 Å². The third-order valence-corrected chi connectivity index (χ3v) is 20.5. The molecule has 0 spiro atoms. The fourth-order valence-electron chi connectivity index (χ4n) is 11.5. The number of methoxy groups -OCH3 is 1. The summed E-state index contributed by atoms with van der Waals surface area (Å²) >= 11 is 0. The molecule has 8 nitrogen and oxygen atoms in total. The van der Waals surface area contributed by atoms with Gasteiger partial charge < -0.3 is 9.64 Å². The van der Waals surface area contributed by atoms with Crippen LogP contribution >= 0.6 is 0 Å². The Morgan fingerprint density at radius 3 is 0.880 bits per heavy atom. The summed E-state index contributed by atoms with van der Waals surface area (Å²) < 4.78 is 5.64. The molecule has 13 aromatic rings. The molecule has 0 bridgehead atoms. The summed E-state index contributed by atoms with van der Waals surface area (Å²) in [7, 11) is -1.46. The first-order chi connectivity index (χ1) is 41.0. The van der Waals surface area contributed by atoms with Gasteiger partial charge in [0.2, 0.25) is 0 Å². The van der Waals surface area contributed by atoms with E-state index in [2.05, 4.69) is 175 Å². The van der Waals surface area contributed by atoms with Crippen molar-refractivity contribution < 1.29 is 4.74 Å². The van der Waals surface area contributed by atoms with Crippen LogP contribution in [0, 0.1) is 0 Å². The van der Waals surface area contributed by atoms with E-state index >= 15 is 0 Å². The van der Waals surface area contributed by atoms with Crippen LogP contribution in [0.5, 0.6) is 5.75 Å². The Balaban J connectivity index is 0.917. The Morgan fingerprint density at radius 1 is 0.289 bits per heavy atom. The van der Waals surface area contributed by atoms with Gasteiger partial charge in [0, 0.05) is 51.3 Å². The molecule has 14 rings (SSSR count). The van der Waals surface area contributed by atoms with Gasteiger partial charge in [0.25, 0.3) is 0 Å². The van der Waals surface area contributed by atoms with Gasteiger partial charge >= 0.3 is 0 Å². The number of hydrogen-bond donors (Lipinski definition) is 0. The molecule has 394 valence electrons. The molecule has 2 aromatic heterocycles. The van der Waals surface area contributed by atoms with Gasteiger partial charge in [0.15, 0.2) is 43.0 Å². The maximum atomic E-state index is 5.64. The summed E-state index contributed by atoms with van der Waals surface area (Å²) in [5.74, 6) is 4.58. The van der Waals surface area contributed by atoms with E-state index in [-0.39, 0.29) is 0 Å². The molecular weight excluding hydrogens is 1030 g/mol. The van der Waals surface area contributed by atoms with Crippen LogP contribution in [0.3, 0.4) is 0 Å². The van der Waals surface area contributed by atoms with Gasteiger partial charge in [-0.1, -0.05) is 267 Å². The number of ether oxygens (including phenoxy) is 1. The molecule has 0 amide bonds. The van der Waals surface area contributed by atoms with Crippen molar-refractivity contribution in [1.29, 1.82) is 0 Å². The predicted octanol–water partition coefficient (Wildman–Crippen LogP) is 14.4. The number of rotatable bonds is 13. The van der Waals surface area contributed by atoms with Crippen LogP contribution in [0.4, 0.5) is 11.4 Å². The van der Waals surface area contributed by atoms with E-state index in [0.29, 0.717) is 41.5 Å². The smallest absolute Gasteiger partial charge is 0.184 e. The topological polar surface area (TPSA) is 89.8 Å². The van der Waals surface area contributed by atoms with Gasteiger partial charge in [-0.3, -0.25) is 0 Å². The third-order valence-electron chi connectivity index (χ3n) is 15.6. The molecule has 1 aliphatic heterocycles. The first-order valence-corrected chi connectivity index (χ1v) is 29.8. The summed E-state index contributed by atoms with van der Waals surface area (Å²) in [6.45, 7) is 0.643. The van der Waals surface area contributed by atoms with Crippen LogP contribution in [-0.2, 0) is 6.54 Å². The SMILES string of the molecule is COc1ccc(CN2c3ccc(-c4ccc(-c5nc(-c6ccccc6)nc(-c6ccccc6)n5)cc4)cc3[Si](c3ccccc3)(c3ccccc3)c3cc(-c4ccc(-c5nc(-c6ccccc6)nc(-c6ccccc6)n5)cc4)ccc32)cc1. The van der Waals surface area contributed by atoms with E-state index in [9.17, 15) is 0 Å². The van der Waals surface area contributed by atoms with E-state index in [1.165, 1.54) is 37.7 Å². The fourth-order valence-corrected chi connectivity index (χ4v) is 16.7. The lowest BCUT2D eigenvalue weighted by Crippen LogP contribution is -2.77. The van der Waals surface area contributed by atoms with Crippen LogP contribution < -0.4 is 30.4 Å². The van der Waals surface area contributed by atoms with E-state index in [0.717, 1.165) is 61.4 Å². The van der Waals surface area contributed by atoms with Crippen LogP contribution in [0.15, 0.2) is 291 Å². The van der Waals surface area contributed by atoms with Crippen molar-refractivity contribution in [1.82, 2.24) is 29.9 Å². The van der Waals surface area contributed by atoms with Crippen LogP contribution in [-0.4, -0.2) is 45.1 Å². The Kier molecular flexibility index (Phi) is 13.4. The van der Waals surface area contributed by atoms with Crippen LogP contribution in [0.2, 0.25) is 0 Å². The number of hydrogen-bond acceptors (Lipinski definition) is 8. The minimum atomic E-state index is -3.18. The first-order valence-electron chi connectivity index (χ1n) is 27.8. The Hall–Kier alpha value is -10.7. The summed E-state index contributed by atoms with van der Waals surface area (Å²) in [5, 5.41) is 5.21. The van der Waals surface area contributed by atoms with Crippen molar-refractivity contribution in [3.63, 3.8) is 0 Å². The molecule has 1 aliphatic rings. The van der Waals surface area contributed by atoms with Crippen LogP contribution in [0.25, 0.3) is 90.6 Å². The lowest BCUT2D eigenvalue weighted by atomic mass is 10.0. The highest BCUT2D eigenvalue weighted by Gasteiger charge is 2.49. The van der Waals surface area contributed by atoms with Crippen molar-refractivity contribution in [2.24, 2.45) is 0 Å². The average Bonchev–Trinajstić information content (AvgIpc) is 2.94. The molecule has 0 fully saturated rings. The summed E-state index contributed by atoms with van der Waals surface area (Å²) in [5.41, 5.74) is 13.5. The molecule has 0 saturated carbocycles. The van der Waals surface area contributed by atoms with Gasteiger partial charge in [-0.25, -0.2) is 29.9 Å². The lowest BCUT2D eigenvalue weighted by Gasteiger charge is -2.45. The normalized spacial score (nSPS) is 12.3. The first kappa shape index (κ1) is 50.5. The molecule has 9 heteroatoms. The van der Waals surface area contributed by atoms with Crippen LogP contribution in [0.1, 0.15) is 5.56 Å². The number of nitrogens with zero attached hydrogens (tertiary/aromatic N) is 7. The van der Waals surface area contributed by atoms with Crippen molar-refractivity contribution in [3.8, 4) is 96.3 Å². The second-order valence-corrected chi connectivity index (χ2v) is 24.3. The molecule has 83 heavy (non-hydrogen) atoms. The highest BCUT2D eigenvalue weighted by molar-refractivity contribution is 7.21. The molecule has 11 aromatic carbocycles. The monoisotopic (exact) mass is 1080 g/mol. The molecular formula is C74H53N7OSi. The number of anilines is 2. The van der Waals surface area contributed by atoms with Crippen molar-refractivity contribution in [2.45, 2.75) is 6.54 Å². The van der Waals surface area contributed by atoms with Gasteiger partial charge in [0.05, 0.1) is 7.11 Å². The zero-order valence-electron chi connectivity index (χ0n) is 45.5. The third kappa shape index (κ3) is 9.75. The van der Waals surface area contributed by atoms with Crippen molar-refractivity contribution in [2.75, 3.05) is 12.0 Å². The minimum Gasteiger partial charge on any atom is -0.497 e. The van der Waals surface area contributed by atoms with E-state index in [1.807, 2.05) is 121 Å². The van der Waals surface area contributed by atoms with Gasteiger partial charge in [-0.05, 0) is 72.8 Å². The Bertz CT molecular complexity index is 4030. The Labute approximate surface area is 483 Å². The minimum absolute atomic E-state index is 0.616. The lowest BCUT2D eigenvalue weighted by molar-refractivity contribution is 0.414. The quantitative estimate of drug-likeness (QED) is 0.106. The number of benzene rings is 11. The van der Waals surface area contributed by atoms with Crippen molar-refractivity contribution in [3.05, 3.63) is 297 Å². The second-order valence-electron chi connectivity index (χ2n) is 20.6.